The molecule has 9 nitrogen and oxygen atoms in total. The van der Waals surface area contributed by atoms with Gasteiger partial charge in [0.25, 0.3) is 0 Å². The maximum atomic E-state index is 12.8. The number of ether oxygens (including phenoxy) is 2. The highest BCUT2D eigenvalue weighted by Gasteiger charge is 2.22. The highest BCUT2D eigenvalue weighted by molar-refractivity contribution is 5.97. The number of carbonyl (C=O) groups is 2. The molecule has 1 aliphatic heterocycles. The van der Waals surface area contributed by atoms with Gasteiger partial charge in [-0.25, -0.2) is 14.0 Å². The normalized spacial score (nSPS) is 16.5. The molecule has 182 valence electrons. The van der Waals surface area contributed by atoms with Gasteiger partial charge in [-0.3, -0.25) is 4.79 Å². The first-order valence-corrected chi connectivity index (χ1v) is 11.8. The van der Waals surface area contributed by atoms with E-state index in [1.165, 1.54) is 11.0 Å². The fourth-order valence-corrected chi connectivity index (χ4v) is 4.36. The summed E-state index contributed by atoms with van der Waals surface area (Å²) in [7, 11) is 0. The van der Waals surface area contributed by atoms with Crippen LogP contribution in [0.1, 0.15) is 62.3 Å². The number of hydrogen-bond donors (Lipinski definition) is 0. The van der Waals surface area contributed by atoms with E-state index < -0.39 is 11.7 Å². The van der Waals surface area contributed by atoms with Gasteiger partial charge in [0.1, 0.15) is 17.5 Å². The second kappa shape index (κ2) is 9.14. The van der Waals surface area contributed by atoms with E-state index in [0.29, 0.717) is 18.3 Å². The molecule has 0 aliphatic carbocycles. The van der Waals surface area contributed by atoms with Crippen molar-refractivity contribution >= 4 is 23.3 Å². The molecule has 5 rings (SSSR count). The smallest absolute Gasteiger partial charge is 0.419 e. The van der Waals surface area contributed by atoms with Crippen LogP contribution < -0.4 is 0 Å². The largest absolute Gasteiger partial charge is 0.443 e. The number of carbonyl (C=O) groups excluding carboxylic acids is 2. The lowest BCUT2D eigenvalue weighted by atomic mass is 10.1. The summed E-state index contributed by atoms with van der Waals surface area (Å²) in [6, 6.07) is 9.43. The van der Waals surface area contributed by atoms with Crippen molar-refractivity contribution in [2.45, 2.75) is 58.4 Å². The van der Waals surface area contributed by atoms with Gasteiger partial charge in [-0.15, -0.1) is 5.10 Å². The lowest BCUT2D eigenvalue weighted by Gasteiger charge is -2.23. The van der Waals surface area contributed by atoms with E-state index in [0.717, 1.165) is 41.7 Å². The van der Waals surface area contributed by atoms with Crippen LogP contribution in [0, 0.1) is 0 Å². The van der Waals surface area contributed by atoms with E-state index in [2.05, 4.69) is 14.9 Å². The fourth-order valence-electron chi connectivity index (χ4n) is 4.36. The van der Waals surface area contributed by atoms with E-state index in [4.69, 9.17) is 9.47 Å². The van der Waals surface area contributed by atoms with Crippen molar-refractivity contribution in [1.29, 1.82) is 0 Å². The Bertz CT molecular complexity index is 1370. The third-order valence-corrected chi connectivity index (χ3v) is 5.98. The zero-order valence-electron chi connectivity index (χ0n) is 20.2. The molecule has 0 amide bonds. The third kappa shape index (κ3) is 4.90. The Morgan fingerprint density at radius 2 is 2.06 bits per heavy atom. The number of aromatic nitrogens is 5. The van der Waals surface area contributed by atoms with Crippen LogP contribution in [0.3, 0.4) is 0 Å². The molecule has 3 aromatic heterocycles. The minimum atomic E-state index is -0.676. The van der Waals surface area contributed by atoms with Crippen molar-refractivity contribution in [3.63, 3.8) is 0 Å². The Morgan fingerprint density at radius 1 is 1.20 bits per heavy atom. The molecule has 0 N–H and O–H groups in total. The maximum absolute atomic E-state index is 12.8. The van der Waals surface area contributed by atoms with Gasteiger partial charge in [0.15, 0.2) is 6.29 Å². The van der Waals surface area contributed by atoms with Gasteiger partial charge in [0, 0.05) is 30.0 Å². The van der Waals surface area contributed by atoms with E-state index in [1.807, 2.05) is 42.9 Å². The Labute approximate surface area is 203 Å². The molecule has 0 bridgehead atoms. The average molecular weight is 476 g/mol. The molecule has 1 aliphatic rings. The number of rotatable bonds is 5. The molecule has 0 saturated carbocycles. The van der Waals surface area contributed by atoms with Crippen LogP contribution >= 0.6 is 0 Å². The summed E-state index contributed by atoms with van der Waals surface area (Å²) in [6.45, 7) is 6.64. The summed E-state index contributed by atoms with van der Waals surface area (Å²) in [5, 5.41) is 9.41. The first-order valence-electron chi connectivity index (χ1n) is 11.8. The van der Waals surface area contributed by atoms with Crippen LogP contribution in [0.25, 0.3) is 22.2 Å². The predicted molar refractivity (Wildman–Crippen MR) is 130 cm³/mol. The zero-order chi connectivity index (χ0) is 24.6. The molecular weight excluding hydrogens is 446 g/mol. The molecular formula is C26H29N5O4. The summed E-state index contributed by atoms with van der Waals surface area (Å²) in [4.78, 5) is 24.4. The van der Waals surface area contributed by atoms with Crippen molar-refractivity contribution in [1.82, 2.24) is 24.1 Å². The van der Waals surface area contributed by atoms with E-state index in [9.17, 15) is 9.59 Å². The second-order valence-electron chi connectivity index (χ2n) is 9.87. The summed E-state index contributed by atoms with van der Waals surface area (Å²) < 4.78 is 16.5. The number of fused-ring (bicyclic) bond motifs is 1. The summed E-state index contributed by atoms with van der Waals surface area (Å²) >= 11 is 0. The lowest BCUT2D eigenvalue weighted by Crippen LogP contribution is -2.28. The van der Waals surface area contributed by atoms with Crippen LogP contribution in [0.15, 0.2) is 48.9 Å². The molecule has 1 unspecified atom stereocenters. The molecule has 0 spiro atoms. The molecule has 1 atom stereocenters. The van der Waals surface area contributed by atoms with E-state index >= 15 is 0 Å². The number of benzene rings is 1. The number of aldehydes is 1. The molecule has 4 heterocycles. The molecule has 9 heteroatoms. The Balaban J connectivity index is 1.38. The first kappa shape index (κ1) is 23.0. The summed E-state index contributed by atoms with van der Waals surface area (Å²) in [5.41, 5.74) is 2.87. The van der Waals surface area contributed by atoms with Crippen LogP contribution in [0.4, 0.5) is 4.79 Å². The van der Waals surface area contributed by atoms with Gasteiger partial charge in [0.05, 0.1) is 24.0 Å². The minimum Gasteiger partial charge on any atom is -0.443 e. The van der Waals surface area contributed by atoms with Gasteiger partial charge in [-0.05, 0) is 63.8 Å². The summed E-state index contributed by atoms with van der Waals surface area (Å²) in [6.07, 6.45) is 9.43. The molecule has 4 aromatic rings. The van der Waals surface area contributed by atoms with Gasteiger partial charge in [0.2, 0.25) is 0 Å². The quantitative estimate of drug-likeness (QED) is 0.375. The topological polar surface area (TPSA) is 93.2 Å². The predicted octanol–water partition coefficient (Wildman–Crippen LogP) is 5.04. The number of nitrogens with zero attached hydrogens (tertiary/aromatic N) is 5. The Hall–Kier alpha value is -3.72. The highest BCUT2D eigenvalue weighted by atomic mass is 16.6. The fraction of sp³-hybridized carbons (Fsp3) is 0.385. The van der Waals surface area contributed by atoms with E-state index in [1.54, 1.807) is 31.5 Å². The molecule has 0 radical (unpaired) electrons. The lowest BCUT2D eigenvalue weighted by molar-refractivity contribution is -0.0317. The van der Waals surface area contributed by atoms with Crippen LogP contribution in [0.2, 0.25) is 0 Å². The zero-order valence-corrected chi connectivity index (χ0v) is 20.2. The highest BCUT2D eigenvalue weighted by Crippen LogP contribution is 2.27. The standard InChI is InChI=1S/C26H29N5O4/c1-26(2,3)35-25(33)31-21(17-32)13-19-8-7-18(12-23(19)31)14-30-16-22(27-28-30)20-9-10-29(15-20)24-6-4-5-11-34-24/h7-10,12-13,15-17,24H,4-6,11,14H2,1-3H3. The van der Waals surface area contributed by atoms with Crippen molar-refractivity contribution in [2.75, 3.05) is 6.61 Å². The monoisotopic (exact) mass is 475 g/mol. The van der Waals surface area contributed by atoms with Gasteiger partial charge >= 0.3 is 6.09 Å². The van der Waals surface area contributed by atoms with Gasteiger partial charge in [-0.1, -0.05) is 17.3 Å². The van der Waals surface area contributed by atoms with Crippen molar-refractivity contribution < 1.29 is 19.1 Å². The van der Waals surface area contributed by atoms with Crippen LogP contribution in [0.5, 0.6) is 0 Å². The average Bonchev–Trinajstić information content (AvgIpc) is 3.56. The maximum Gasteiger partial charge on any atom is 0.419 e. The minimum absolute atomic E-state index is 0.0803. The Kier molecular flexibility index (Phi) is 6.02. The molecule has 1 aromatic carbocycles. The number of hydrogen-bond acceptors (Lipinski definition) is 6. The van der Waals surface area contributed by atoms with Gasteiger partial charge in [-0.2, -0.15) is 0 Å². The van der Waals surface area contributed by atoms with Crippen molar-refractivity contribution in [2.24, 2.45) is 0 Å². The van der Waals surface area contributed by atoms with Gasteiger partial charge < -0.3 is 14.0 Å². The third-order valence-electron chi connectivity index (χ3n) is 5.98. The van der Waals surface area contributed by atoms with E-state index in [-0.39, 0.29) is 11.9 Å². The second-order valence-corrected chi connectivity index (χ2v) is 9.87. The molecule has 1 saturated heterocycles. The van der Waals surface area contributed by atoms with Crippen molar-refractivity contribution in [3.05, 3.63) is 60.2 Å². The van der Waals surface area contributed by atoms with Crippen LogP contribution in [-0.2, 0) is 16.0 Å². The molecule has 35 heavy (non-hydrogen) atoms. The molecule has 1 fully saturated rings. The SMILES string of the molecule is CC(C)(C)OC(=O)n1c(C=O)cc2ccc(Cn3cc(-c4ccn(C5CCCCO5)c4)nn3)cc21. The van der Waals surface area contributed by atoms with Crippen LogP contribution in [-0.4, -0.2) is 48.7 Å². The van der Waals surface area contributed by atoms with Crippen molar-refractivity contribution in [3.8, 4) is 11.3 Å². The summed E-state index contributed by atoms with van der Waals surface area (Å²) in [5.74, 6) is 0. The Morgan fingerprint density at radius 3 is 2.80 bits per heavy atom. The first-order chi connectivity index (χ1) is 16.8.